The van der Waals surface area contributed by atoms with E-state index in [4.69, 9.17) is 10.00 Å². The van der Waals surface area contributed by atoms with Crippen LogP contribution in [0.3, 0.4) is 0 Å². The van der Waals surface area contributed by atoms with E-state index in [2.05, 4.69) is 11.1 Å². The molecule has 1 aromatic heterocycles. The van der Waals surface area contributed by atoms with Gasteiger partial charge in [-0.25, -0.2) is 0 Å². The topological polar surface area (TPSA) is 52.7 Å². The van der Waals surface area contributed by atoms with Crippen molar-refractivity contribution in [2.24, 2.45) is 0 Å². The molecule has 1 aromatic carbocycles. The van der Waals surface area contributed by atoms with Crippen LogP contribution in [0.2, 0.25) is 0 Å². The monoisotopic (exact) mass is 390 g/mol. The van der Waals surface area contributed by atoms with Gasteiger partial charge in [-0.15, -0.1) is 0 Å². The molecule has 4 nitrogen and oxygen atoms in total. The van der Waals surface area contributed by atoms with Crippen LogP contribution in [-0.2, 0) is 0 Å². The van der Waals surface area contributed by atoms with Gasteiger partial charge in [0.1, 0.15) is 0 Å². The van der Waals surface area contributed by atoms with Crippen LogP contribution < -0.4 is 7.11 Å². The third-order valence-electron chi connectivity index (χ3n) is 1.83. The summed E-state index contributed by atoms with van der Waals surface area (Å²) in [4.78, 5) is 3.00. The van der Waals surface area contributed by atoms with Gasteiger partial charge < -0.3 is 0 Å². The van der Waals surface area contributed by atoms with Crippen molar-refractivity contribution < 1.29 is 7.11 Å². The van der Waals surface area contributed by atoms with E-state index in [-0.39, 0.29) is 0 Å². The molecule has 0 unspecified atom stereocenters. The van der Waals surface area contributed by atoms with E-state index in [1.807, 2.05) is 14.9 Å². The van der Waals surface area contributed by atoms with Crippen molar-refractivity contribution in [3.63, 3.8) is 0 Å². The maximum absolute atomic E-state index is 8.63. The molecule has 0 aliphatic carbocycles. The summed E-state index contributed by atoms with van der Waals surface area (Å²) in [5.41, 5.74) is 0.633. The zero-order chi connectivity index (χ0) is 10.7. The molecule has 0 radical (unpaired) electrons. The van der Waals surface area contributed by atoms with Crippen molar-refractivity contribution >= 4 is 26.1 Å². The molecule has 2 aromatic rings. The molecule has 1 N–H and O–H groups in total. The van der Waals surface area contributed by atoms with Crippen LogP contribution in [0.15, 0.2) is 36.8 Å². The molecule has 0 aliphatic heterocycles. The van der Waals surface area contributed by atoms with Gasteiger partial charge in [0, 0.05) is 0 Å². The molecule has 2 rings (SSSR count). The first-order valence-corrected chi connectivity index (χ1v) is 6.31. The van der Waals surface area contributed by atoms with Gasteiger partial charge >= 0.3 is 103 Å². The first-order valence-electron chi connectivity index (χ1n) is 4.31. The van der Waals surface area contributed by atoms with Gasteiger partial charge in [-0.1, -0.05) is 0 Å². The second kappa shape index (κ2) is 4.44. The molecule has 15 heavy (non-hydrogen) atoms. The Kier molecular flexibility index (Phi) is 3.01. The number of aromatic nitrogens is 2. The van der Waals surface area contributed by atoms with E-state index in [0.717, 1.165) is 31.8 Å². The van der Waals surface area contributed by atoms with Gasteiger partial charge in [0.25, 0.3) is 0 Å². The Morgan fingerprint density at radius 2 is 2.07 bits per heavy atom. The second-order valence-electron chi connectivity index (χ2n) is 2.95. The summed E-state index contributed by atoms with van der Waals surface area (Å²) < 4.78 is 7.57. The predicted octanol–water partition coefficient (Wildman–Crippen LogP) is 0.898. The van der Waals surface area contributed by atoms with Crippen LogP contribution in [0.25, 0.3) is 0 Å². The maximum atomic E-state index is 8.63. The molecule has 1 heterocycles. The van der Waals surface area contributed by atoms with Crippen molar-refractivity contribution in [1.82, 2.24) is 4.98 Å². The summed E-state index contributed by atoms with van der Waals surface area (Å²) in [6, 6.07) is 9.08. The standard InChI is InChI=1S/C10H7N3O.Tl/c11-5-8-1-3-9(4-2-8)14-10-6-12-7-13-10;/h1-4,6-7H,(H,12,13);/q;+1. The molecule has 0 spiro atoms. The molecule has 0 aliphatic rings. The summed E-state index contributed by atoms with van der Waals surface area (Å²) >= 11 is 0.726. The molecule has 70 valence electrons. The number of ether oxygens (including phenoxy) is 1. The molecule has 0 saturated carbocycles. The molecular weight excluding hydrogens is 383 g/mol. The zero-order valence-electron chi connectivity index (χ0n) is 7.84. The number of hydrogen-bond acceptors (Lipinski definition) is 2. The number of imidazole rings is 1. The fourth-order valence-corrected chi connectivity index (χ4v) is 1.94. The fourth-order valence-electron chi connectivity index (χ4n) is 1.13. The van der Waals surface area contributed by atoms with Crippen molar-refractivity contribution in [2.45, 2.75) is 0 Å². The molecule has 0 amide bonds. The Bertz CT molecular complexity index is 498. The average molecular weight is 390 g/mol. The van der Waals surface area contributed by atoms with E-state index in [0.29, 0.717) is 11.4 Å². The third-order valence-corrected chi connectivity index (χ3v) is 2.99. The van der Waals surface area contributed by atoms with Crippen LogP contribution in [0, 0.1) is 11.3 Å². The number of nitrogens with zero attached hydrogens (tertiary/aromatic N) is 2. The van der Waals surface area contributed by atoms with Gasteiger partial charge in [0.15, 0.2) is 0 Å². The minimum absolute atomic E-state index is 0.633. The van der Waals surface area contributed by atoms with E-state index < -0.39 is 0 Å². The van der Waals surface area contributed by atoms with Gasteiger partial charge in [0.2, 0.25) is 0 Å². The summed E-state index contributed by atoms with van der Waals surface area (Å²) in [6.07, 6.45) is 3.77. The van der Waals surface area contributed by atoms with Gasteiger partial charge in [-0.05, 0) is 0 Å². The summed E-state index contributed by atoms with van der Waals surface area (Å²) in [6.45, 7) is 0. The predicted molar refractivity (Wildman–Crippen MR) is 53.4 cm³/mol. The van der Waals surface area contributed by atoms with Crippen LogP contribution in [0.5, 0.6) is 11.6 Å². The molecule has 5 heteroatoms. The number of hydrogen-bond donors (Lipinski definition) is 1. The van der Waals surface area contributed by atoms with Crippen LogP contribution in [-0.4, -0.2) is 31.0 Å². The van der Waals surface area contributed by atoms with Crippen molar-refractivity contribution in [1.29, 1.82) is 5.26 Å². The van der Waals surface area contributed by atoms with Crippen LogP contribution >= 0.6 is 0 Å². The average Bonchev–Trinajstić information content (AvgIpc) is 2.65. The van der Waals surface area contributed by atoms with E-state index in [9.17, 15) is 0 Å². The quantitative estimate of drug-likeness (QED) is 0.776. The summed E-state index contributed by atoms with van der Waals surface area (Å²) in [5.74, 6) is 1.43. The van der Waals surface area contributed by atoms with Gasteiger partial charge in [-0.3, -0.25) is 0 Å². The Hall–Kier alpha value is -1.36. The van der Waals surface area contributed by atoms with E-state index >= 15 is 0 Å². The van der Waals surface area contributed by atoms with Crippen molar-refractivity contribution in [3.05, 3.63) is 42.4 Å². The van der Waals surface area contributed by atoms with Gasteiger partial charge in [0.05, 0.1) is 0 Å². The normalized spacial score (nSPS) is 9.47. The summed E-state index contributed by atoms with van der Waals surface area (Å²) in [5, 5.41) is 8.63. The molecular formula is C10H7N3OTl+. The molecule has 0 bridgehead atoms. The molecule has 0 saturated heterocycles. The van der Waals surface area contributed by atoms with E-state index in [1.165, 1.54) is 0 Å². The van der Waals surface area contributed by atoms with E-state index in [1.54, 1.807) is 24.3 Å². The third kappa shape index (κ3) is 2.56. The summed E-state index contributed by atoms with van der Waals surface area (Å²) in [7, 11) is 0. The van der Waals surface area contributed by atoms with Crippen molar-refractivity contribution in [2.75, 3.05) is 0 Å². The SMILES string of the molecule is N#Cc1ccc(Oc2c[n+]([Tl])c[nH]2)cc1. The minimum atomic E-state index is 0.633. The zero-order valence-corrected chi connectivity index (χ0v) is 12.3. The van der Waals surface area contributed by atoms with Crippen LogP contribution in [0.1, 0.15) is 5.56 Å². The number of nitriles is 1. The van der Waals surface area contributed by atoms with Crippen LogP contribution in [0.4, 0.5) is 0 Å². The van der Waals surface area contributed by atoms with Gasteiger partial charge in [-0.2, -0.15) is 0 Å². The second-order valence-corrected chi connectivity index (χ2v) is 5.27. The first-order chi connectivity index (χ1) is 7.28. The fraction of sp³-hybridized carbons (Fsp3) is 0. The molecule has 0 fully saturated rings. The number of rotatable bonds is 2. The Morgan fingerprint density at radius 1 is 1.33 bits per heavy atom. The molecule has 0 atom stereocenters. The number of benzene rings is 1. The Morgan fingerprint density at radius 3 is 2.60 bits per heavy atom. The van der Waals surface area contributed by atoms with Crippen molar-refractivity contribution in [3.8, 4) is 17.7 Å². The Balaban J connectivity index is 2.15. The number of aromatic amines is 1. The Labute approximate surface area is 103 Å². The number of nitrogens with one attached hydrogen (secondary N) is 1. The first kappa shape index (κ1) is 10.2. The number of H-pyrrole nitrogens is 1.